The predicted molar refractivity (Wildman–Crippen MR) is 181 cm³/mol. The first-order valence-corrected chi connectivity index (χ1v) is 17.0. The van der Waals surface area contributed by atoms with Gasteiger partial charge in [0, 0.05) is 10.9 Å². The smallest absolute Gasteiger partial charge is 0.261 e. The summed E-state index contributed by atoms with van der Waals surface area (Å²) in [5.41, 5.74) is 5.78. The van der Waals surface area contributed by atoms with Crippen molar-refractivity contribution in [3.8, 4) is 5.75 Å². The molecule has 7 nitrogen and oxygen atoms in total. The Bertz CT molecular complexity index is 1890. The lowest BCUT2D eigenvalue weighted by atomic mass is 10.1. The minimum absolute atomic E-state index is 0.0110. The number of fused-ring (bicyclic) bond motifs is 1. The average Bonchev–Trinajstić information content (AvgIpc) is 3.35. The van der Waals surface area contributed by atoms with Crippen LogP contribution in [0.1, 0.15) is 45.2 Å². The van der Waals surface area contributed by atoms with Crippen LogP contribution in [0.25, 0.3) is 11.0 Å². The normalized spacial score (nSPS) is 13.5. The van der Waals surface area contributed by atoms with Crippen LogP contribution < -0.4 is 26.2 Å². The second-order valence-corrected chi connectivity index (χ2v) is 16.6. The van der Waals surface area contributed by atoms with Crippen molar-refractivity contribution in [1.82, 2.24) is 5.32 Å². The summed E-state index contributed by atoms with van der Waals surface area (Å²) in [6.07, 6.45) is 0. The molecule has 0 bridgehead atoms. The van der Waals surface area contributed by atoms with E-state index in [2.05, 4.69) is 26.1 Å². The van der Waals surface area contributed by atoms with Crippen LogP contribution >= 0.6 is 11.6 Å². The number of halogens is 2. The highest BCUT2D eigenvalue weighted by molar-refractivity contribution is 6.99. The van der Waals surface area contributed by atoms with Gasteiger partial charge in [0.05, 0.1) is 19.9 Å². The summed E-state index contributed by atoms with van der Waals surface area (Å²) in [5, 5.41) is 4.49. The van der Waals surface area contributed by atoms with Crippen molar-refractivity contribution in [3.05, 3.63) is 125 Å². The third kappa shape index (κ3) is 6.58. The molecule has 2 amide bonds. The van der Waals surface area contributed by atoms with Gasteiger partial charge in [-0.1, -0.05) is 99.1 Å². The van der Waals surface area contributed by atoms with Gasteiger partial charge in [0.2, 0.25) is 5.91 Å². The molecule has 238 valence electrons. The third-order valence-electron chi connectivity index (χ3n) is 7.83. The average molecular weight is 661 g/mol. The number of hydrogen-bond donors (Lipinski definition) is 2. The molecule has 0 radical (unpaired) electrons. The quantitative estimate of drug-likeness (QED) is 0.163. The van der Waals surface area contributed by atoms with Gasteiger partial charge in [-0.05, 0) is 52.7 Å². The number of hydrogen-bond acceptors (Lipinski definition) is 5. The van der Waals surface area contributed by atoms with E-state index in [4.69, 9.17) is 33.7 Å². The van der Waals surface area contributed by atoms with Gasteiger partial charge in [-0.15, -0.1) is 0 Å². The monoisotopic (exact) mass is 660 g/mol. The molecule has 3 N–H and O–H groups in total. The molecule has 4 aromatic carbocycles. The first-order valence-electron chi connectivity index (χ1n) is 15.7. The fraction of sp³-hybridized carbons (Fsp3) is 0.222. The second kappa shape index (κ2) is 13.5. The molecule has 46 heavy (non-hydrogen) atoms. The van der Waals surface area contributed by atoms with E-state index in [1.807, 2.05) is 60.7 Å². The highest BCUT2D eigenvalue weighted by Gasteiger charge is 2.50. The number of carbonyl (C=O) groups is 2. The number of furan rings is 1. The number of carbonyl (C=O) groups excluding carboxylic acids is 2. The Morgan fingerprint density at radius 3 is 2.20 bits per heavy atom. The van der Waals surface area contributed by atoms with Crippen molar-refractivity contribution in [1.29, 1.82) is 0 Å². The molecule has 1 atom stereocenters. The first kappa shape index (κ1) is 30.2. The minimum Gasteiger partial charge on any atom is -0.489 e. The van der Waals surface area contributed by atoms with Gasteiger partial charge < -0.3 is 24.6 Å². The number of rotatable bonds is 11. The van der Waals surface area contributed by atoms with E-state index in [9.17, 15) is 14.0 Å². The predicted octanol–water partition coefficient (Wildman–Crippen LogP) is 6.27. The van der Waals surface area contributed by atoms with Crippen LogP contribution in [0.3, 0.4) is 0 Å². The largest absolute Gasteiger partial charge is 0.489 e. The van der Waals surface area contributed by atoms with E-state index in [0.29, 0.717) is 5.58 Å². The molecule has 0 spiro atoms. The number of nitrogens with one attached hydrogen (secondary N) is 1. The Hall–Kier alpha value is -4.44. The Kier molecular flexibility index (Phi) is 8.87. The highest BCUT2D eigenvalue weighted by atomic mass is 35.5. The Labute approximate surface area is 276 Å². The maximum absolute atomic E-state index is 14.5. The number of nitrogens with two attached hydrogens (primary N) is 1. The third-order valence-corrected chi connectivity index (χ3v) is 13.1. The molecule has 5 rings (SSSR count). The molecule has 0 unspecified atom stereocenters. The Balaban J connectivity index is 1.45. The zero-order valence-electron chi connectivity index (χ0n) is 27.9. The lowest BCUT2D eigenvalue weighted by molar-refractivity contribution is -0.120. The van der Waals surface area contributed by atoms with Crippen molar-refractivity contribution in [2.24, 2.45) is 5.73 Å². The molecule has 0 aliphatic heterocycles. The fourth-order valence-corrected chi connectivity index (χ4v) is 10.4. The maximum atomic E-state index is 14.5. The van der Waals surface area contributed by atoms with Gasteiger partial charge in [0.15, 0.2) is 0 Å². The van der Waals surface area contributed by atoms with Crippen LogP contribution in [0.2, 0.25) is 10.1 Å². The van der Waals surface area contributed by atoms with E-state index in [1.165, 1.54) is 30.3 Å². The fourth-order valence-electron chi connectivity index (χ4n) is 5.65. The number of benzene rings is 4. The van der Waals surface area contributed by atoms with Crippen LogP contribution in [0.15, 0.2) is 101 Å². The summed E-state index contributed by atoms with van der Waals surface area (Å²) in [6, 6.07) is 26.7. The molecule has 0 aliphatic carbocycles. The van der Waals surface area contributed by atoms with E-state index in [1.54, 1.807) is 6.92 Å². The molecule has 1 heterocycles. The first-order chi connectivity index (χ1) is 22.7. The lowest BCUT2D eigenvalue weighted by Gasteiger charge is -2.43. The van der Waals surface area contributed by atoms with Gasteiger partial charge in [0.1, 0.15) is 35.5 Å². The summed E-state index contributed by atoms with van der Waals surface area (Å²) in [7, 11) is -3.06. The molecule has 0 saturated heterocycles. The Morgan fingerprint density at radius 2 is 1.63 bits per heavy atom. The SMILES string of the molecule is [2H]C([2H])(Oc1ccc2oc(C)c(C(=O)N[C@@H](CO[Si](c3ccccc3)(c3ccccc3)C(C)(C)C)C(N)=O)c2c1)c1c(F)cccc1Cl. The van der Waals surface area contributed by atoms with Crippen molar-refractivity contribution in [2.45, 2.75) is 45.3 Å². The summed E-state index contributed by atoms with van der Waals surface area (Å²) < 4.78 is 49.6. The van der Waals surface area contributed by atoms with Crippen molar-refractivity contribution in [3.63, 3.8) is 0 Å². The number of aryl methyl sites for hydroxylation is 1. The topological polar surface area (TPSA) is 104 Å². The number of ether oxygens (including phenoxy) is 1. The van der Waals surface area contributed by atoms with Crippen LogP contribution in [-0.4, -0.2) is 32.8 Å². The number of amides is 2. The Morgan fingerprint density at radius 1 is 1.00 bits per heavy atom. The highest BCUT2D eigenvalue weighted by Crippen LogP contribution is 2.37. The standard InChI is InChI=1S/C36H36ClFN2O5Si/c1-23-33(27-20-24(18-19-32(27)45-23)43-21-28-29(37)16-11-17-30(28)38)35(42)40-31(34(39)41)22-44-46(36(2,3)4,25-12-7-5-8-13-25)26-14-9-6-10-15-26/h5-20,31H,21-22H2,1-4H3,(H2,39,41)(H,40,42)/t31-/m0/s1/i21D2. The van der Waals surface area contributed by atoms with Gasteiger partial charge in [-0.2, -0.15) is 0 Å². The number of primary amides is 1. The van der Waals surface area contributed by atoms with E-state index in [-0.39, 0.29) is 39.1 Å². The van der Waals surface area contributed by atoms with Gasteiger partial charge in [-0.3, -0.25) is 9.59 Å². The zero-order chi connectivity index (χ0) is 34.9. The molecule has 5 aromatic rings. The van der Waals surface area contributed by atoms with E-state index in [0.717, 1.165) is 16.4 Å². The van der Waals surface area contributed by atoms with Gasteiger partial charge >= 0.3 is 0 Å². The van der Waals surface area contributed by atoms with E-state index < -0.39 is 44.1 Å². The molecular formula is C36H36ClFN2O5Si. The molecule has 1 aromatic heterocycles. The van der Waals surface area contributed by atoms with Crippen LogP contribution in [0, 0.1) is 12.7 Å². The summed E-state index contributed by atoms with van der Waals surface area (Å²) in [4.78, 5) is 26.6. The van der Waals surface area contributed by atoms with Crippen LogP contribution in [0.5, 0.6) is 5.75 Å². The summed E-state index contributed by atoms with van der Waals surface area (Å²) >= 11 is 6.09. The summed E-state index contributed by atoms with van der Waals surface area (Å²) in [5.74, 6) is -2.08. The van der Waals surface area contributed by atoms with Crippen molar-refractivity contribution < 1.29 is 30.3 Å². The molecule has 0 saturated carbocycles. The minimum atomic E-state index is -3.06. The molecule has 0 fully saturated rings. The van der Waals surface area contributed by atoms with E-state index >= 15 is 0 Å². The maximum Gasteiger partial charge on any atom is 0.261 e. The summed E-state index contributed by atoms with van der Waals surface area (Å²) in [6.45, 7) is 5.04. The van der Waals surface area contributed by atoms with Crippen molar-refractivity contribution >= 4 is 53.1 Å². The van der Waals surface area contributed by atoms with Gasteiger partial charge in [-0.25, -0.2) is 4.39 Å². The second-order valence-electron chi connectivity index (χ2n) is 11.9. The molecular weight excluding hydrogens is 623 g/mol. The van der Waals surface area contributed by atoms with Gasteiger partial charge in [0.25, 0.3) is 14.2 Å². The lowest BCUT2D eigenvalue weighted by Crippen LogP contribution is -2.67. The zero-order valence-corrected chi connectivity index (χ0v) is 27.7. The van der Waals surface area contributed by atoms with Crippen molar-refractivity contribution in [2.75, 3.05) is 6.61 Å². The molecule has 10 heteroatoms. The molecule has 0 aliphatic rings. The van der Waals surface area contributed by atoms with Crippen LogP contribution in [-0.2, 0) is 15.8 Å². The van der Waals surface area contributed by atoms with Crippen LogP contribution in [0.4, 0.5) is 4.39 Å².